The van der Waals surface area contributed by atoms with Crippen molar-refractivity contribution in [2.45, 2.75) is 31.7 Å². The Hall–Kier alpha value is -2.02. The fraction of sp³-hybridized carbons (Fsp3) is 0.429. The second kappa shape index (κ2) is 8.38. The molecule has 0 atom stereocenters. The number of aromatic nitrogens is 1. The molecule has 8 heteroatoms. The molecule has 0 radical (unpaired) electrons. The number of fused-ring (bicyclic) bond motifs is 1. The maximum atomic E-state index is 12.9. The quantitative estimate of drug-likeness (QED) is 0.725. The molecule has 3 aliphatic rings. The van der Waals surface area contributed by atoms with Gasteiger partial charge < -0.3 is 15.0 Å². The van der Waals surface area contributed by atoms with Crippen LogP contribution in [-0.2, 0) is 9.53 Å². The molecule has 154 valence electrons. The van der Waals surface area contributed by atoms with Crippen LogP contribution in [0.15, 0.2) is 52.8 Å². The highest BCUT2D eigenvalue weighted by atomic mass is 35.5. The number of amides is 1. The van der Waals surface area contributed by atoms with Crippen LogP contribution in [0.3, 0.4) is 0 Å². The SMILES string of the molecule is CN(C)C1CCC(C(=O)NC2=C3C(=CC=C(Cl)N3c3ccc(Cl)cn3)OC2)CC1. The van der Waals surface area contributed by atoms with E-state index in [1.54, 1.807) is 29.3 Å². The first-order valence-corrected chi connectivity index (χ1v) is 10.5. The lowest BCUT2D eigenvalue weighted by Crippen LogP contribution is -2.38. The number of rotatable bonds is 4. The number of carbonyl (C=O) groups is 1. The molecular formula is C21H24Cl2N4O2. The van der Waals surface area contributed by atoms with E-state index in [1.807, 2.05) is 6.08 Å². The molecule has 0 saturated heterocycles. The molecule has 1 amide bonds. The van der Waals surface area contributed by atoms with Gasteiger partial charge in [-0.25, -0.2) is 4.98 Å². The van der Waals surface area contributed by atoms with E-state index < -0.39 is 0 Å². The van der Waals surface area contributed by atoms with Gasteiger partial charge in [-0.2, -0.15) is 0 Å². The Morgan fingerprint density at radius 1 is 1.21 bits per heavy atom. The molecule has 0 aromatic carbocycles. The minimum atomic E-state index is 0.0176. The Morgan fingerprint density at radius 3 is 2.62 bits per heavy atom. The normalized spacial score (nSPS) is 24.1. The van der Waals surface area contributed by atoms with Crippen molar-refractivity contribution in [2.24, 2.45) is 5.92 Å². The molecule has 1 fully saturated rings. The van der Waals surface area contributed by atoms with Crippen LogP contribution in [0.5, 0.6) is 0 Å². The lowest BCUT2D eigenvalue weighted by atomic mass is 9.85. The molecular weight excluding hydrogens is 411 g/mol. The maximum absolute atomic E-state index is 12.9. The molecule has 2 aliphatic heterocycles. The Kier molecular flexibility index (Phi) is 5.86. The standard InChI is InChI=1S/C21H24Cl2N4O2/c1-26(2)15-6-3-13(4-7-15)21(28)25-16-12-29-17-8-9-18(23)27(20(16)17)19-10-5-14(22)11-24-19/h5,8-11,13,15H,3-4,6-7,12H2,1-2H3,(H,25,28). The number of pyridine rings is 1. The lowest BCUT2D eigenvalue weighted by molar-refractivity contribution is -0.125. The zero-order chi connectivity index (χ0) is 20.5. The summed E-state index contributed by atoms with van der Waals surface area (Å²) in [5.41, 5.74) is 1.43. The first-order chi connectivity index (χ1) is 13.9. The number of nitrogens with zero attached hydrogens (tertiary/aromatic N) is 3. The largest absolute Gasteiger partial charge is 0.485 e. The smallest absolute Gasteiger partial charge is 0.227 e. The topological polar surface area (TPSA) is 57.7 Å². The van der Waals surface area contributed by atoms with Gasteiger partial charge in [0.2, 0.25) is 5.91 Å². The number of halogens is 2. The van der Waals surface area contributed by atoms with Gasteiger partial charge in [-0.05, 0) is 64.1 Å². The van der Waals surface area contributed by atoms with E-state index >= 15 is 0 Å². The minimum Gasteiger partial charge on any atom is -0.485 e. The van der Waals surface area contributed by atoms with E-state index in [-0.39, 0.29) is 11.8 Å². The zero-order valence-electron chi connectivity index (χ0n) is 16.5. The summed E-state index contributed by atoms with van der Waals surface area (Å²) in [4.78, 5) is 21.3. The van der Waals surface area contributed by atoms with Gasteiger partial charge in [0, 0.05) is 18.2 Å². The van der Waals surface area contributed by atoms with Gasteiger partial charge in [-0.15, -0.1) is 0 Å². The first kappa shape index (κ1) is 20.3. The van der Waals surface area contributed by atoms with Gasteiger partial charge in [0.25, 0.3) is 0 Å². The predicted molar refractivity (Wildman–Crippen MR) is 114 cm³/mol. The van der Waals surface area contributed by atoms with E-state index in [4.69, 9.17) is 27.9 Å². The fourth-order valence-corrected chi connectivity index (χ4v) is 4.40. The lowest BCUT2D eigenvalue weighted by Gasteiger charge is -2.32. The molecule has 0 spiro atoms. The van der Waals surface area contributed by atoms with Crippen molar-refractivity contribution < 1.29 is 9.53 Å². The summed E-state index contributed by atoms with van der Waals surface area (Å²) in [6, 6.07) is 4.10. The number of nitrogens with one attached hydrogen (secondary N) is 1. The highest BCUT2D eigenvalue weighted by molar-refractivity contribution is 6.32. The molecule has 6 nitrogen and oxygen atoms in total. The van der Waals surface area contributed by atoms with Crippen molar-refractivity contribution in [1.82, 2.24) is 15.2 Å². The Labute approximate surface area is 180 Å². The second-order valence-corrected chi connectivity index (χ2v) is 8.59. The molecule has 1 N–H and O–H groups in total. The van der Waals surface area contributed by atoms with Crippen molar-refractivity contribution in [3.05, 3.63) is 57.8 Å². The van der Waals surface area contributed by atoms with E-state index in [2.05, 4.69) is 29.3 Å². The zero-order valence-corrected chi connectivity index (χ0v) is 18.0. The summed E-state index contributed by atoms with van der Waals surface area (Å²) in [7, 11) is 4.20. The summed E-state index contributed by atoms with van der Waals surface area (Å²) in [6.07, 6.45) is 8.99. The monoisotopic (exact) mass is 434 g/mol. The number of hydrogen-bond donors (Lipinski definition) is 1. The van der Waals surface area contributed by atoms with Crippen molar-refractivity contribution in [3.8, 4) is 0 Å². The highest BCUT2D eigenvalue weighted by Crippen LogP contribution is 2.38. The highest BCUT2D eigenvalue weighted by Gasteiger charge is 2.34. The first-order valence-electron chi connectivity index (χ1n) is 9.77. The van der Waals surface area contributed by atoms with Gasteiger partial charge in [-0.3, -0.25) is 9.69 Å². The molecule has 1 aromatic heterocycles. The van der Waals surface area contributed by atoms with Crippen molar-refractivity contribution in [3.63, 3.8) is 0 Å². The Morgan fingerprint density at radius 2 is 1.97 bits per heavy atom. The molecule has 1 aliphatic carbocycles. The van der Waals surface area contributed by atoms with Crippen LogP contribution in [-0.4, -0.2) is 42.5 Å². The number of hydrogen-bond acceptors (Lipinski definition) is 5. The van der Waals surface area contributed by atoms with Gasteiger partial charge in [0.1, 0.15) is 29.0 Å². The summed E-state index contributed by atoms with van der Waals surface area (Å²) >= 11 is 12.5. The molecule has 1 aromatic rings. The third kappa shape index (κ3) is 4.15. The number of carbonyl (C=O) groups excluding carboxylic acids is 1. The summed E-state index contributed by atoms with van der Waals surface area (Å²) < 4.78 is 5.80. The van der Waals surface area contributed by atoms with Gasteiger partial charge in [0.05, 0.1) is 10.7 Å². The van der Waals surface area contributed by atoms with Crippen molar-refractivity contribution >= 4 is 34.9 Å². The van der Waals surface area contributed by atoms with Crippen molar-refractivity contribution in [1.29, 1.82) is 0 Å². The summed E-state index contributed by atoms with van der Waals surface area (Å²) in [6.45, 7) is 0.294. The second-order valence-electron chi connectivity index (χ2n) is 7.76. The molecule has 1 saturated carbocycles. The maximum Gasteiger partial charge on any atom is 0.227 e. The minimum absolute atomic E-state index is 0.0176. The Bertz CT molecular complexity index is 884. The third-order valence-corrected chi connectivity index (χ3v) is 6.23. The third-order valence-electron chi connectivity index (χ3n) is 5.71. The molecule has 0 bridgehead atoms. The molecule has 3 heterocycles. The van der Waals surface area contributed by atoms with Gasteiger partial charge in [0.15, 0.2) is 0 Å². The number of anilines is 1. The molecule has 29 heavy (non-hydrogen) atoms. The van der Waals surface area contributed by atoms with Crippen LogP contribution in [0.4, 0.5) is 5.82 Å². The van der Waals surface area contributed by atoms with Crippen LogP contribution in [0, 0.1) is 5.92 Å². The van der Waals surface area contributed by atoms with E-state index in [0.717, 1.165) is 31.4 Å². The van der Waals surface area contributed by atoms with Crippen LogP contribution in [0.2, 0.25) is 5.02 Å². The summed E-state index contributed by atoms with van der Waals surface area (Å²) in [5, 5.41) is 4.12. The van der Waals surface area contributed by atoms with Crippen LogP contribution in [0.25, 0.3) is 0 Å². The average Bonchev–Trinajstić information content (AvgIpc) is 3.11. The summed E-state index contributed by atoms with van der Waals surface area (Å²) in [5.74, 6) is 1.34. The molecule has 0 unspecified atom stereocenters. The van der Waals surface area contributed by atoms with Gasteiger partial charge in [-0.1, -0.05) is 23.2 Å². The van der Waals surface area contributed by atoms with E-state index in [1.165, 1.54) is 0 Å². The molecule has 4 rings (SSSR count). The fourth-order valence-electron chi connectivity index (χ4n) is 4.06. The number of ether oxygens (including phenoxy) is 1. The van der Waals surface area contributed by atoms with E-state index in [0.29, 0.717) is 40.1 Å². The van der Waals surface area contributed by atoms with Gasteiger partial charge >= 0.3 is 0 Å². The average molecular weight is 435 g/mol. The van der Waals surface area contributed by atoms with Crippen LogP contribution >= 0.6 is 23.2 Å². The Balaban J connectivity index is 1.55. The van der Waals surface area contributed by atoms with Crippen LogP contribution in [0.1, 0.15) is 25.7 Å². The van der Waals surface area contributed by atoms with E-state index in [9.17, 15) is 4.79 Å². The number of allylic oxidation sites excluding steroid dienone is 2. The predicted octanol–water partition coefficient (Wildman–Crippen LogP) is 4.00. The van der Waals surface area contributed by atoms with Crippen LogP contribution < -0.4 is 10.2 Å². The van der Waals surface area contributed by atoms with Crippen molar-refractivity contribution in [2.75, 3.05) is 25.6 Å².